The van der Waals surface area contributed by atoms with Crippen LogP contribution in [0.25, 0.3) is 10.8 Å². The maximum absolute atomic E-state index is 12.5. The zero-order valence-electron chi connectivity index (χ0n) is 12.6. The van der Waals surface area contributed by atoms with Crippen molar-refractivity contribution in [2.75, 3.05) is 12.4 Å². The van der Waals surface area contributed by atoms with E-state index in [9.17, 15) is 4.79 Å². The molecule has 0 aliphatic carbocycles. The number of anilines is 1. The van der Waals surface area contributed by atoms with Crippen molar-refractivity contribution in [3.05, 3.63) is 71.8 Å². The van der Waals surface area contributed by atoms with Crippen LogP contribution in [0, 0.1) is 6.92 Å². The Hall–Kier alpha value is -2.81. The molecule has 0 saturated heterocycles. The van der Waals surface area contributed by atoms with E-state index in [1.54, 1.807) is 19.2 Å². The molecule has 3 aromatic carbocycles. The molecule has 3 nitrogen and oxygen atoms in total. The summed E-state index contributed by atoms with van der Waals surface area (Å²) < 4.78 is 5.25. The van der Waals surface area contributed by atoms with Crippen LogP contribution in [0.4, 0.5) is 5.69 Å². The highest BCUT2D eigenvalue weighted by Crippen LogP contribution is 2.27. The normalized spacial score (nSPS) is 10.5. The topological polar surface area (TPSA) is 38.3 Å². The average Bonchev–Trinajstić information content (AvgIpc) is 2.57. The minimum atomic E-state index is -0.175. The van der Waals surface area contributed by atoms with Gasteiger partial charge in [-0.25, -0.2) is 0 Å². The molecular formula is C19H17NO2. The van der Waals surface area contributed by atoms with Crippen LogP contribution in [0.3, 0.4) is 0 Å². The zero-order chi connectivity index (χ0) is 15.5. The van der Waals surface area contributed by atoms with E-state index < -0.39 is 0 Å². The van der Waals surface area contributed by atoms with Crippen molar-refractivity contribution in [3.63, 3.8) is 0 Å². The Kier molecular flexibility index (Phi) is 3.79. The molecule has 0 heterocycles. The second-order valence-electron chi connectivity index (χ2n) is 5.13. The van der Waals surface area contributed by atoms with Gasteiger partial charge in [0.15, 0.2) is 0 Å². The van der Waals surface area contributed by atoms with Crippen molar-refractivity contribution in [1.29, 1.82) is 0 Å². The van der Waals surface area contributed by atoms with Gasteiger partial charge in [0.2, 0.25) is 0 Å². The monoisotopic (exact) mass is 291 g/mol. The minimum absolute atomic E-state index is 0.175. The molecule has 0 aromatic heterocycles. The number of benzene rings is 3. The Morgan fingerprint density at radius 3 is 2.36 bits per heavy atom. The first-order valence-electron chi connectivity index (χ1n) is 7.13. The lowest BCUT2D eigenvalue weighted by Crippen LogP contribution is -2.13. The number of nitrogens with one attached hydrogen (secondary N) is 1. The predicted molar refractivity (Wildman–Crippen MR) is 89.6 cm³/mol. The second kappa shape index (κ2) is 5.90. The molecule has 3 rings (SSSR count). The fraction of sp³-hybridized carbons (Fsp3) is 0.105. The van der Waals surface area contributed by atoms with Crippen molar-refractivity contribution in [3.8, 4) is 5.75 Å². The highest BCUT2D eigenvalue weighted by Gasteiger charge is 2.13. The Morgan fingerprint density at radius 2 is 1.59 bits per heavy atom. The number of carbonyl (C=O) groups excluding carboxylic acids is 1. The van der Waals surface area contributed by atoms with E-state index in [1.807, 2.05) is 42.5 Å². The minimum Gasteiger partial charge on any atom is -0.496 e. The number of amides is 1. The third kappa shape index (κ3) is 2.53. The first kappa shape index (κ1) is 14.1. The van der Waals surface area contributed by atoms with Crippen LogP contribution in [-0.4, -0.2) is 13.0 Å². The van der Waals surface area contributed by atoms with E-state index in [-0.39, 0.29) is 5.91 Å². The molecule has 22 heavy (non-hydrogen) atoms. The van der Waals surface area contributed by atoms with Gasteiger partial charge in [0.1, 0.15) is 5.75 Å². The van der Waals surface area contributed by atoms with Gasteiger partial charge in [-0.3, -0.25) is 4.79 Å². The summed E-state index contributed by atoms with van der Waals surface area (Å²) in [4.78, 5) is 12.5. The van der Waals surface area contributed by atoms with Crippen LogP contribution in [0.15, 0.2) is 60.7 Å². The number of fused-ring (bicyclic) bond motifs is 1. The highest BCUT2D eigenvalue weighted by molar-refractivity contribution is 6.10. The van der Waals surface area contributed by atoms with Gasteiger partial charge in [0, 0.05) is 11.1 Å². The predicted octanol–water partition coefficient (Wildman–Crippen LogP) is 4.41. The fourth-order valence-corrected chi connectivity index (χ4v) is 2.58. The number of ether oxygens (including phenoxy) is 1. The molecule has 3 aromatic rings. The molecule has 0 bridgehead atoms. The van der Waals surface area contributed by atoms with Gasteiger partial charge in [0.25, 0.3) is 5.91 Å². The summed E-state index contributed by atoms with van der Waals surface area (Å²) in [6.45, 7) is 2.06. The quantitative estimate of drug-likeness (QED) is 0.776. The summed E-state index contributed by atoms with van der Waals surface area (Å²) >= 11 is 0. The number of hydrogen-bond donors (Lipinski definition) is 1. The number of rotatable bonds is 3. The smallest absolute Gasteiger partial charge is 0.259 e. The van der Waals surface area contributed by atoms with Crippen LogP contribution in [0.1, 0.15) is 15.9 Å². The van der Waals surface area contributed by atoms with E-state index in [2.05, 4.69) is 18.3 Å². The summed E-state index contributed by atoms with van der Waals surface area (Å²) in [5.74, 6) is 0.392. The summed E-state index contributed by atoms with van der Waals surface area (Å²) in [5.41, 5.74) is 2.51. The molecule has 0 spiro atoms. The van der Waals surface area contributed by atoms with Crippen molar-refractivity contribution < 1.29 is 9.53 Å². The Labute approximate surface area is 129 Å². The van der Waals surface area contributed by atoms with Gasteiger partial charge in [-0.2, -0.15) is 0 Å². The second-order valence-corrected chi connectivity index (χ2v) is 5.13. The van der Waals surface area contributed by atoms with Crippen molar-refractivity contribution >= 4 is 22.4 Å². The molecular weight excluding hydrogens is 274 g/mol. The number of carbonyl (C=O) groups is 1. The van der Waals surface area contributed by atoms with Crippen LogP contribution < -0.4 is 10.1 Å². The fourth-order valence-electron chi connectivity index (χ4n) is 2.58. The van der Waals surface area contributed by atoms with Gasteiger partial charge in [0.05, 0.1) is 12.7 Å². The van der Waals surface area contributed by atoms with Gasteiger partial charge in [-0.05, 0) is 36.1 Å². The Balaban J connectivity index is 2.00. The summed E-state index contributed by atoms with van der Waals surface area (Å²) in [6, 6.07) is 19.2. The van der Waals surface area contributed by atoms with Crippen molar-refractivity contribution in [2.45, 2.75) is 6.92 Å². The summed E-state index contributed by atoms with van der Waals surface area (Å²) in [7, 11) is 1.56. The van der Waals surface area contributed by atoms with Crippen molar-refractivity contribution in [1.82, 2.24) is 0 Å². The SMILES string of the molecule is COc1ccccc1C(=O)Nc1ccc(C)c2ccccc12. The van der Waals surface area contributed by atoms with Crippen molar-refractivity contribution in [2.24, 2.45) is 0 Å². The van der Waals surface area contributed by atoms with E-state index in [4.69, 9.17) is 4.74 Å². The third-order valence-corrected chi connectivity index (χ3v) is 3.74. The van der Waals surface area contributed by atoms with Crippen LogP contribution >= 0.6 is 0 Å². The third-order valence-electron chi connectivity index (χ3n) is 3.74. The molecule has 0 aliphatic heterocycles. The number of hydrogen-bond acceptors (Lipinski definition) is 2. The highest BCUT2D eigenvalue weighted by atomic mass is 16.5. The molecule has 0 atom stereocenters. The summed E-state index contributed by atoms with van der Waals surface area (Å²) in [6.07, 6.45) is 0. The molecule has 1 amide bonds. The van der Waals surface area contributed by atoms with E-state index in [0.717, 1.165) is 16.5 Å². The van der Waals surface area contributed by atoms with Gasteiger partial charge in [-0.1, -0.05) is 42.5 Å². The molecule has 110 valence electrons. The van der Waals surface area contributed by atoms with E-state index >= 15 is 0 Å². The van der Waals surface area contributed by atoms with E-state index in [1.165, 1.54) is 5.56 Å². The van der Waals surface area contributed by atoms with Crippen LogP contribution in [0.5, 0.6) is 5.75 Å². The van der Waals surface area contributed by atoms with Gasteiger partial charge >= 0.3 is 0 Å². The summed E-state index contributed by atoms with van der Waals surface area (Å²) in [5, 5.41) is 5.16. The molecule has 0 fully saturated rings. The van der Waals surface area contributed by atoms with E-state index in [0.29, 0.717) is 11.3 Å². The molecule has 0 saturated carbocycles. The van der Waals surface area contributed by atoms with Crippen LogP contribution in [-0.2, 0) is 0 Å². The average molecular weight is 291 g/mol. The Bertz CT molecular complexity index is 840. The maximum Gasteiger partial charge on any atom is 0.259 e. The molecule has 0 aliphatic rings. The lowest BCUT2D eigenvalue weighted by molar-refractivity contribution is 0.102. The first-order valence-corrected chi connectivity index (χ1v) is 7.13. The molecule has 3 heteroatoms. The lowest BCUT2D eigenvalue weighted by Gasteiger charge is -2.12. The van der Waals surface area contributed by atoms with Gasteiger partial charge in [-0.15, -0.1) is 0 Å². The lowest BCUT2D eigenvalue weighted by atomic mass is 10.0. The van der Waals surface area contributed by atoms with Gasteiger partial charge < -0.3 is 10.1 Å². The number of methoxy groups -OCH3 is 1. The Morgan fingerprint density at radius 1 is 0.909 bits per heavy atom. The zero-order valence-corrected chi connectivity index (χ0v) is 12.6. The number of para-hydroxylation sites is 1. The molecule has 0 unspecified atom stereocenters. The first-order chi connectivity index (χ1) is 10.7. The molecule has 1 N–H and O–H groups in total. The standard InChI is InChI=1S/C19H17NO2/c1-13-11-12-17(15-8-4-3-7-14(13)15)20-19(21)16-9-5-6-10-18(16)22-2/h3-12H,1-2H3,(H,20,21). The molecule has 0 radical (unpaired) electrons. The number of aryl methyl sites for hydroxylation is 1. The maximum atomic E-state index is 12.5. The largest absolute Gasteiger partial charge is 0.496 e. The van der Waals surface area contributed by atoms with Crippen LogP contribution in [0.2, 0.25) is 0 Å².